The molecule has 3 rings (SSSR count). The van der Waals surface area contributed by atoms with Gasteiger partial charge in [-0.15, -0.1) is 24.0 Å². The Bertz CT molecular complexity index is 705. The Morgan fingerprint density at radius 3 is 2.36 bits per heavy atom. The largest absolute Gasteiger partial charge is 0.385 e. The maximum Gasteiger partial charge on any atom is 0.224 e. The molecule has 186 valence electrons. The smallest absolute Gasteiger partial charge is 0.224 e. The normalized spacial score (nSPS) is 17.6. The molecule has 0 radical (unpaired) electrons. The highest BCUT2D eigenvalue weighted by molar-refractivity contribution is 14.0. The minimum Gasteiger partial charge on any atom is -0.385 e. The first-order chi connectivity index (χ1) is 15.7. The second-order valence-corrected chi connectivity index (χ2v) is 8.33. The number of halogens is 1. The summed E-state index contributed by atoms with van der Waals surface area (Å²) in [5.74, 6) is 1.09. The number of carbonyl (C=O) groups excluding carboxylic acids is 1. The fourth-order valence-corrected chi connectivity index (χ4v) is 4.31. The number of carbonyl (C=O) groups is 1. The molecule has 2 aliphatic rings. The highest BCUT2D eigenvalue weighted by Crippen LogP contribution is 2.16. The number of amides is 1. The van der Waals surface area contributed by atoms with Gasteiger partial charge in [0.1, 0.15) is 0 Å². The molecule has 1 amide bonds. The number of hydrogen-bond donors (Lipinski definition) is 1. The van der Waals surface area contributed by atoms with Gasteiger partial charge >= 0.3 is 0 Å². The third-order valence-electron chi connectivity index (χ3n) is 6.18. The number of likely N-dealkylation sites (tertiary alicyclic amines) is 1. The number of aliphatic imine (C=N–C) groups is 1. The maximum absolute atomic E-state index is 12.7. The van der Waals surface area contributed by atoms with E-state index in [-0.39, 0.29) is 29.9 Å². The number of guanidine groups is 1. The van der Waals surface area contributed by atoms with Gasteiger partial charge in [-0.2, -0.15) is 0 Å². The number of methoxy groups -OCH3 is 1. The van der Waals surface area contributed by atoms with Crippen molar-refractivity contribution in [3.05, 3.63) is 30.3 Å². The van der Waals surface area contributed by atoms with Crippen LogP contribution in [-0.4, -0.2) is 101 Å². The summed E-state index contributed by atoms with van der Waals surface area (Å²) in [6.07, 6.45) is 3.74. The van der Waals surface area contributed by atoms with Crippen LogP contribution in [0, 0.1) is 0 Å². The number of anilines is 1. The predicted molar refractivity (Wildman–Crippen MR) is 144 cm³/mol. The molecule has 0 bridgehead atoms. The van der Waals surface area contributed by atoms with Crippen LogP contribution in [0.2, 0.25) is 0 Å². The van der Waals surface area contributed by atoms with Crippen LogP contribution in [0.3, 0.4) is 0 Å². The van der Waals surface area contributed by atoms with Crippen molar-refractivity contribution in [2.24, 2.45) is 4.99 Å². The molecular weight excluding hydrogens is 533 g/mol. The lowest BCUT2D eigenvalue weighted by Crippen LogP contribution is -2.50. The van der Waals surface area contributed by atoms with Crippen LogP contribution in [0.5, 0.6) is 0 Å². The van der Waals surface area contributed by atoms with E-state index in [2.05, 4.69) is 44.4 Å². The zero-order valence-corrected chi connectivity index (χ0v) is 22.4. The molecule has 1 aromatic carbocycles. The van der Waals surface area contributed by atoms with Crippen molar-refractivity contribution in [3.8, 4) is 0 Å². The second-order valence-electron chi connectivity index (χ2n) is 8.33. The Hall–Kier alpha value is -1.59. The molecule has 0 atom stereocenters. The number of rotatable bonds is 9. The van der Waals surface area contributed by atoms with Gasteiger partial charge in [0, 0.05) is 85.3 Å². The Balaban J connectivity index is 0.00000385. The Kier molecular flexibility index (Phi) is 12.9. The summed E-state index contributed by atoms with van der Waals surface area (Å²) in [7, 11) is 3.52. The zero-order valence-electron chi connectivity index (χ0n) is 20.1. The molecule has 8 nitrogen and oxygen atoms in total. The van der Waals surface area contributed by atoms with Crippen LogP contribution < -0.4 is 10.2 Å². The quantitative estimate of drug-likeness (QED) is 0.212. The first-order valence-electron chi connectivity index (χ1n) is 11.8. The number of ether oxygens (including phenoxy) is 2. The minimum absolute atomic E-state index is 0. The topological polar surface area (TPSA) is 69.6 Å². The predicted octanol–water partition coefficient (Wildman–Crippen LogP) is 2.44. The molecule has 2 aliphatic heterocycles. The summed E-state index contributed by atoms with van der Waals surface area (Å²) in [6, 6.07) is 10.4. The molecular formula is C24H40IN5O3. The van der Waals surface area contributed by atoms with Crippen molar-refractivity contribution in [2.75, 3.05) is 78.1 Å². The number of piperazine rings is 1. The molecule has 9 heteroatoms. The van der Waals surface area contributed by atoms with Crippen molar-refractivity contribution in [2.45, 2.75) is 31.8 Å². The Labute approximate surface area is 215 Å². The van der Waals surface area contributed by atoms with Crippen molar-refractivity contribution in [1.29, 1.82) is 0 Å². The van der Waals surface area contributed by atoms with Crippen molar-refractivity contribution in [1.82, 2.24) is 15.1 Å². The summed E-state index contributed by atoms with van der Waals surface area (Å²) in [5.41, 5.74) is 1.23. The summed E-state index contributed by atoms with van der Waals surface area (Å²) >= 11 is 0. The third-order valence-corrected chi connectivity index (χ3v) is 6.18. The summed E-state index contributed by atoms with van der Waals surface area (Å²) in [6.45, 7) is 7.28. The van der Waals surface area contributed by atoms with E-state index >= 15 is 0 Å². The maximum atomic E-state index is 12.7. The fraction of sp³-hybridized carbons (Fsp3) is 0.667. The van der Waals surface area contributed by atoms with Gasteiger partial charge in [-0.25, -0.2) is 0 Å². The van der Waals surface area contributed by atoms with E-state index in [1.807, 2.05) is 11.0 Å². The standard InChI is InChI=1S/C24H39N5O3.HI/c1-25-24(29-13-10-22(11-14-29)32-20-6-19-31-2)26-12-9-23(30)28-17-15-27(16-18-28)21-7-4-3-5-8-21;/h3-5,7-8,22H,6,9-20H2,1-2H3,(H,25,26);1H. The molecule has 1 N–H and O–H groups in total. The molecule has 0 unspecified atom stereocenters. The van der Waals surface area contributed by atoms with E-state index < -0.39 is 0 Å². The third kappa shape index (κ3) is 8.94. The molecule has 2 saturated heterocycles. The van der Waals surface area contributed by atoms with Gasteiger partial charge in [0.2, 0.25) is 5.91 Å². The lowest BCUT2D eigenvalue weighted by Gasteiger charge is -2.36. The molecule has 2 heterocycles. The summed E-state index contributed by atoms with van der Waals surface area (Å²) in [5, 5.41) is 3.38. The molecule has 2 fully saturated rings. The second kappa shape index (κ2) is 15.3. The van der Waals surface area contributed by atoms with E-state index in [1.54, 1.807) is 14.2 Å². The number of para-hydroxylation sites is 1. The van der Waals surface area contributed by atoms with Gasteiger partial charge in [-0.1, -0.05) is 18.2 Å². The van der Waals surface area contributed by atoms with Crippen LogP contribution in [0.25, 0.3) is 0 Å². The van der Waals surface area contributed by atoms with E-state index in [9.17, 15) is 4.79 Å². The van der Waals surface area contributed by atoms with Gasteiger partial charge in [0.05, 0.1) is 6.10 Å². The Morgan fingerprint density at radius 1 is 1.03 bits per heavy atom. The van der Waals surface area contributed by atoms with Gasteiger partial charge in [0.25, 0.3) is 0 Å². The van der Waals surface area contributed by atoms with Crippen LogP contribution in [0.4, 0.5) is 5.69 Å². The van der Waals surface area contributed by atoms with Crippen LogP contribution in [0.1, 0.15) is 25.7 Å². The zero-order chi connectivity index (χ0) is 22.6. The number of nitrogens with zero attached hydrogens (tertiary/aromatic N) is 4. The number of piperidine rings is 1. The highest BCUT2D eigenvalue weighted by atomic mass is 127. The first-order valence-corrected chi connectivity index (χ1v) is 11.8. The van der Waals surface area contributed by atoms with E-state index in [0.29, 0.717) is 19.1 Å². The van der Waals surface area contributed by atoms with Crippen LogP contribution in [-0.2, 0) is 14.3 Å². The summed E-state index contributed by atoms with van der Waals surface area (Å²) in [4.78, 5) is 23.7. The van der Waals surface area contributed by atoms with Gasteiger partial charge in [-0.05, 0) is 31.4 Å². The molecule has 0 saturated carbocycles. The molecule has 0 aliphatic carbocycles. The average Bonchev–Trinajstić information content (AvgIpc) is 2.85. The van der Waals surface area contributed by atoms with Gasteiger partial charge in [0.15, 0.2) is 5.96 Å². The van der Waals surface area contributed by atoms with E-state index in [0.717, 1.165) is 77.7 Å². The van der Waals surface area contributed by atoms with Crippen molar-refractivity contribution in [3.63, 3.8) is 0 Å². The minimum atomic E-state index is 0. The van der Waals surface area contributed by atoms with Crippen LogP contribution >= 0.6 is 24.0 Å². The monoisotopic (exact) mass is 573 g/mol. The molecule has 0 aromatic heterocycles. The molecule has 33 heavy (non-hydrogen) atoms. The lowest BCUT2D eigenvalue weighted by molar-refractivity contribution is -0.131. The first kappa shape index (κ1) is 27.7. The highest BCUT2D eigenvalue weighted by Gasteiger charge is 2.23. The fourth-order valence-electron chi connectivity index (χ4n) is 4.31. The van der Waals surface area contributed by atoms with Gasteiger partial charge < -0.3 is 29.5 Å². The number of benzene rings is 1. The Morgan fingerprint density at radius 2 is 1.73 bits per heavy atom. The number of hydrogen-bond acceptors (Lipinski definition) is 5. The van der Waals surface area contributed by atoms with Gasteiger partial charge in [-0.3, -0.25) is 9.79 Å². The molecule has 0 spiro atoms. The lowest BCUT2D eigenvalue weighted by atomic mass is 10.1. The molecule has 1 aromatic rings. The SMILES string of the molecule is CN=C(NCCC(=O)N1CCN(c2ccccc2)CC1)N1CCC(OCCCOC)CC1.I. The van der Waals surface area contributed by atoms with E-state index in [4.69, 9.17) is 9.47 Å². The average molecular weight is 574 g/mol. The van der Waals surface area contributed by atoms with Crippen LogP contribution in [0.15, 0.2) is 35.3 Å². The number of nitrogens with one attached hydrogen (secondary N) is 1. The van der Waals surface area contributed by atoms with E-state index in [1.165, 1.54) is 5.69 Å². The van der Waals surface area contributed by atoms with Crippen molar-refractivity contribution >= 4 is 41.5 Å². The van der Waals surface area contributed by atoms with Crippen molar-refractivity contribution < 1.29 is 14.3 Å². The summed E-state index contributed by atoms with van der Waals surface area (Å²) < 4.78 is 11.0.